The number of amides is 1. The van der Waals surface area contributed by atoms with Crippen molar-refractivity contribution < 1.29 is 9.53 Å². The van der Waals surface area contributed by atoms with Crippen molar-refractivity contribution >= 4 is 40.4 Å². The zero-order valence-electron chi connectivity index (χ0n) is 13.2. The lowest BCUT2D eigenvalue weighted by atomic mass is 10.2. The van der Waals surface area contributed by atoms with Crippen molar-refractivity contribution in [2.75, 3.05) is 26.1 Å². The van der Waals surface area contributed by atoms with E-state index in [1.54, 1.807) is 31.5 Å². The second-order valence-corrected chi connectivity index (χ2v) is 6.20. The second kappa shape index (κ2) is 7.96. The topological polar surface area (TPSA) is 53.9 Å². The highest BCUT2D eigenvalue weighted by Gasteiger charge is 2.07. The Bertz CT molecular complexity index is 712. The molecule has 0 saturated carbocycles. The first kappa shape index (κ1) is 17.3. The van der Waals surface area contributed by atoms with Crippen molar-refractivity contribution in [3.05, 3.63) is 57.2 Å². The maximum atomic E-state index is 12.1. The lowest BCUT2D eigenvalue weighted by Gasteiger charge is -2.11. The summed E-state index contributed by atoms with van der Waals surface area (Å²) >= 11 is 2.13. The van der Waals surface area contributed by atoms with Crippen molar-refractivity contribution in [1.82, 2.24) is 5.43 Å². The minimum Gasteiger partial charge on any atom is -0.496 e. The molecule has 0 spiro atoms. The number of hydrogen-bond acceptors (Lipinski definition) is 4. The first-order valence-electron chi connectivity index (χ1n) is 6.95. The third-order valence-electron chi connectivity index (χ3n) is 3.20. The molecule has 0 bridgehead atoms. The first-order chi connectivity index (χ1) is 11.0. The van der Waals surface area contributed by atoms with Crippen LogP contribution in [0.1, 0.15) is 15.9 Å². The molecule has 6 heteroatoms. The summed E-state index contributed by atoms with van der Waals surface area (Å²) in [4.78, 5) is 14.1. The smallest absolute Gasteiger partial charge is 0.271 e. The molecule has 2 aromatic carbocycles. The molecule has 0 aromatic heterocycles. The summed E-state index contributed by atoms with van der Waals surface area (Å²) in [6, 6.07) is 13.1. The van der Waals surface area contributed by atoms with E-state index in [0.717, 1.165) is 20.6 Å². The molecule has 1 N–H and O–H groups in total. The van der Waals surface area contributed by atoms with Gasteiger partial charge >= 0.3 is 0 Å². The van der Waals surface area contributed by atoms with Crippen LogP contribution < -0.4 is 15.1 Å². The zero-order valence-corrected chi connectivity index (χ0v) is 15.4. The van der Waals surface area contributed by atoms with Gasteiger partial charge in [-0.2, -0.15) is 5.10 Å². The number of methoxy groups -OCH3 is 1. The molecule has 1 amide bonds. The Balaban J connectivity index is 1.99. The van der Waals surface area contributed by atoms with Gasteiger partial charge in [0, 0.05) is 25.3 Å². The van der Waals surface area contributed by atoms with Gasteiger partial charge in [0.1, 0.15) is 5.75 Å². The third-order valence-corrected chi connectivity index (χ3v) is 4.05. The predicted molar refractivity (Wildman–Crippen MR) is 102 cm³/mol. The van der Waals surface area contributed by atoms with E-state index in [4.69, 9.17) is 4.74 Å². The van der Waals surface area contributed by atoms with Crippen LogP contribution in [-0.2, 0) is 0 Å². The first-order valence-corrected chi connectivity index (χ1v) is 8.03. The average molecular weight is 423 g/mol. The molecule has 2 rings (SSSR count). The average Bonchev–Trinajstić information content (AvgIpc) is 2.55. The Labute approximate surface area is 149 Å². The lowest BCUT2D eigenvalue weighted by Crippen LogP contribution is -2.17. The molecule has 23 heavy (non-hydrogen) atoms. The Morgan fingerprint density at radius 2 is 1.91 bits per heavy atom. The highest BCUT2D eigenvalue weighted by Crippen LogP contribution is 2.21. The Hall–Kier alpha value is -2.09. The van der Waals surface area contributed by atoms with Gasteiger partial charge in [-0.05, 0) is 58.5 Å². The molecule has 0 fully saturated rings. The molecule has 0 aliphatic rings. The highest BCUT2D eigenvalue weighted by atomic mass is 127. The number of ether oxygens (including phenoxy) is 1. The maximum absolute atomic E-state index is 12.1. The number of carbonyl (C=O) groups is 1. The van der Waals surface area contributed by atoms with E-state index in [1.165, 1.54) is 0 Å². The molecule has 0 atom stereocenters. The number of nitrogens with zero attached hydrogens (tertiary/aromatic N) is 2. The zero-order chi connectivity index (χ0) is 16.8. The number of anilines is 1. The lowest BCUT2D eigenvalue weighted by molar-refractivity contribution is 0.0955. The van der Waals surface area contributed by atoms with Gasteiger partial charge in [0.2, 0.25) is 0 Å². The molecule has 120 valence electrons. The van der Waals surface area contributed by atoms with Crippen LogP contribution in [0.5, 0.6) is 5.75 Å². The Morgan fingerprint density at radius 3 is 2.48 bits per heavy atom. The van der Waals surface area contributed by atoms with Gasteiger partial charge in [0.05, 0.1) is 16.9 Å². The summed E-state index contributed by atoms with van der Waals surface area (Å²) in [7, 11) is 5.57. The number of hydrazone groups is 1. The van der Waals surface area contributed by atoms with Crippen molar-refractivity contribution in [2.45, 2.75) is 0 Å². The van der Waals surface area contributed by atoms with Crippen LogP contribution >= 0.6 is 22.6 Å². The number of rotatable bonds is 5. The summed E-state index contributed by atoms with van der Waals surface area (Å²) in [5, 5.41) is 3.99. The SMILES string of the molecule is COc1ccc(C(=O)N/N=C\c2ccc(N(C)C)cc2)cc1I. The standard InChI is InChI=1S/C17H18IN3O2/c1-21(2)14-7-4-12(5-8-14)11-19-20-17(22)13-6-9-16(23-3)15(18)10-13/h4-11H,1-3H3,(H,20,22)/b19-11-. The summed E-state index contributed by atoms with van der Waals surface area (Å²) in [6.45, 7) is 0. The van der Waals surface area contributed by atoms with E-state index in [-0.39, 0.29) is 5.91 Å². The third kappa shape index (κ3) is 4.69. The van der Waals surface area contributed by atoms with Crippen LogP contribution in [-0.4, -0.2) is 33.3 Å². The van der Waals surface area contributed by atoms with Crippen molar-refractivity contribution in [1.29, 1.82) is 0 Å². The van der Waals surface area contributed by atoms with E-state index in [0.29, 0.717) is 5.56 Å². The summed E-state index contributed by atoms with van der Waals surface area (Å²) in [6.07, 6.45) is 1.62. The van der Waals surface area contributed by atoms with Gasteiger partial charge in [-0.3, -0.25) is 4.79 Å². The van der Waals surface area contributed by atoms with Crippen LogP contribution in [0, 0.1) is 3.57 Å². The molecule has 2 aromatic rings. The Kier molecular flexibility index (Phi) is 5.97. The van der Waals surface area contributed by atoms with Gasteiger partial charge in [0.15, 0.2) is 0 Å². The number of halogens is 1. The molecule has 0 saturated heterocycles. The minimum absolute atomic E-state index is 0.258. The van der Waals surface area contributed by atoms with Gasteiger partial charge in [-0.15, -0.1) is 0 Å². The van der Waals surface area contributed by atoms with Gasteiger partial charge < -0.3 is 9.64 Å². The highest BCUT2D eigenvalue weighted by molar-refractivity contribution is 14.1. The van der Waals surface area contributed by atoms with Crippen LogP contribution in [0.2, 0.25) is 0 Å². The fourth-order valence-corrected chi connectivity index (χ4v) is 2.63. The fraction of sp³-hybridized carbons (Fsp3) is 0.176. The minimum atomic E-state index is -0.258. The van der Waals surface area contributed by atoms with Crippen molar-refractivity contribution in [3.63, 3.8) is 0 Å². The van der Waals surface area contributed by atoms with Gasteiger partial charge in [0.25, 0.3) is 5.91 Å². The maximum Gasteiger partial charge on any atom is 0.271 e. The monoisotopic (exact) mass is 423 g/mol. The summed E-state index contributed by atoms with van der Waals surface area (Å²) in [5.74, 6) is 0.485. The van der Waals surface area contributed by atoms with Crippen LogP contribution in [0.3, 0.4) is 0 Å². The van der Waals surface area contributed by atoms with E-state index in [9.17, 15) is 4.79 Å². The Morgan fingerprint density at radius 1 is 1.22 bits per heavy atom. The molecular formula is C17H18IN3O2. The molecular weight excluding hydrogens is 405 g/mol. The quantitative estimate of drug-likeness (QED) is 0.457. The van der Waals surface area contributed by atoms with Crippen LogP contribution in [0.15, 0.2) is 47.6 Å². The van der Waals surface area contributed by atoms with Crippen LogP contribution in [0.4, 0.5) is 5.69 Å². The molecule has 0 heterocycles. The largest absolute Gasteiger partial charge is 0.496 e. The van der Waals surface area contributed by atoms with E-state index in [1.807, 2.05) is 43.3 Å². The van der Waals surface area contributed by atoms with Gasteiger partial charge in [-0.1, -0.05) is 12.1 Å². The second-order valence-electron chi connectivity index (χ2n) is 5.03. The molecule has 0 aliphatic carbocycles. The summed E-state index contributed by atoms with van der Waals surface area (Å²) < 4.78 is 6.05. The molecule has 0 aliphatic heterocycles. The normalized spacial score (nSPS) is 10.6. The number of hydrogen-bond donors (Lipinski definition) is 1. The van der Waals surface area contributed by atoms with Crippen molar-refractivity contribution in [2.24, 2.45) is 5.10 Å². The van der Waals surface area contributed by atoms with E-state index < -0.39 is 0 Å². The van der Waals surface area contributed by atoms with Crippen molar-refractivity contribution in [3.8, 4) is 5.75 Å². The van der Waals surface area contributed by atoms with Gasteiger partial charge in [-0.25, -0.2) is 5.43 Å². The molecule has 0 radical (unpaired) electrons. The summed E-state index contributed by atoms with van der Waals surface area (Å²) in [5.41, 5.74) is 5.09. The number of benzene rings is 2. The predicted octanol–water partition coefficient (Wildman–Crippen LogP) is 3.13. The van der Waals surface area contributed by atoms with E-state index in [2.05, 4.69) is 33.1 Å². The van der Waals surface area contributed by atoms with E-state index >= 15 is 0 Å². The fourth-order valence-electron chi connectivity index (χ4n) is 1.90. The van der Waals surface area contributed by atoms with Crippen LogP contribution in [0.25, 0.3) is 0 Å². The molecule has 5 nitrogen and oxygen atoms in total. The molecule has 0 unspecified atom stereocenters. The number of nitrogens with one attached hydrogen (secondary N) is 1. The number of carbonyl (C=O) groups excluding carboxylic acids is 1.